The number of H-pyrrole nitrogens is 1. The summed E-state index contributed by atoms with van der Waals surface area (Å²) < 4.78 is 29.5. The molecule has 0 amide bonds. The second kappa shape index (κ2) is 4.89. The molecule has 0 saturated heterocycles. The number of nitrogens with zero attached hydrogens (tertiary/aromatic N) is 1. The zero-order valence-electron chi connectivity index (χ0n) is 10.3. The summed E-state index contributed by atoms with van der Waals surface area (Å²) in [5.74, 6) is -1.23. The fourth-order valence-electron chi connectivity index (χ4n) is 2.64. The third-order valence-corrected chi connectivity index (χ3v) is 3.97. The van der Waals surface area contributed by atoms with E-state index in [1.54, 1.807) is 4.57 Å². The maximum absolute atomic E-state index is 14.0. The van der Waals surface area contributed by atoms with Crippen LogP contribution in [0.15, 0.2) is 24.3 Å². The first-order chi connectivity index (χ1) is 9.16. The molecular formula is C14H14F2N2S. The number of fused-ring (bicyclic) bond motifs is 1. The first-order valence-electron chi connectivity index (χ1n) is 6.38. The van der Waals surface area contributed by atoms with E-state index < -0.39 is 11.6 Å². The highest BCUT2D eigenvalue weighted by molar-refractivity contribution is 7.71. The van der Waals surface area contributed by atoms with Gasteiger partial charge in [-0.1, -0.05) is 12.2 Å². The SMILES string of the molecule is Fc1ccc2[nH]c(=S)n(CC3CC=CCC3)c2c1F. The highest BCUT2D eigenvalue weighted by atomic mass is 32.1. The average Bonchev–Trinajstić information content (AvgIpc) is 2.73. The minimum Gasteiger partial charge on any atom is -0.330 e. The minimum atomic E-state index is -0.834. The number of allylic oxidation sites excluding steroid dienone is 2. The largest absolute Gasteiger partial charge is 0.330 e. The van der Waals surface area contributed by atoms with Crippen LogP contribution in [0.1, 0.15) is 19.3 Å². The molecule has 1 unspecified atom stereocenters. The van der Waals surface area contributed by atoms with Gasteiger partial charge in [0.05, 0.1) is 5.52 Å². The molecule has 2 nitrogen and oxygen atoms in total. The Morgan fingerprint density at radius 3 is 2.89 bits per heavy atom. The van der Waals surface area contributed by atoms with Crippen LogP contribution in [0.25, 0.3) is 11.0 Å². The molecule has 1 N–H and O–H groups in total. The summed E-state index contributed by atoms with van der Waals surface area (Å²) in [6.45, 7) is 0.629. The predicted molar refractivity (Wildman–Crippen MR) is 73.5 cm³/mol. The number of rotatable bonds is 2. The van der Waals surface area contributed by atoms with Gasteiger partial charge in [-0.2, -0.15) is 0 Å². The topological polar surface area (TPSA) is 20.7 Å². The lowest BCUT2D eigenvalue weighted by Crippen LogP contribution is -2.12. The van der Waals surface area contributed by atoms with Crippen LogP contribution >= 0.6 is 12.2 Å². The molecule has 19 heavy (non-hydrogen) atoms. The third-order valence-electron chi connectivity index (χ3n) is 3.64. The summed E-state index contributed by atoms with van der Waals surface area (Å²) in [4.78, 5) is 2.94. The minimum absolute atomic E-state index is 0.250. The summed E-state index contributed by atoms with van der Waals surface area (Å²) in [5.41, 5.74) is 0.801. The molecule has 0 fully saturated rings. The summed E-state index contributed by atoms with van der Waals surface area (Å²) in [6, 6.07) is 2.65. The van der Waals surface area contributed by atoms with Gasteiger partial charge in [0.15, 0.2) is 16.4 Å². The van der Waals surface area contributed by atoms with E-state index in [1.165, 1.54) is 6.07 Å². The maximum Gasteiger partial charge on any atom is 0.184 e. The molecule has 0 bridgehead atoms. The Bertz CT molecular complexity index is 699. The van der Waals surface area contributed by atoms with E-state index in [1.807, 2.05) is 0 Å². The number of aromatic nitrogens is 2. The van der Waals surface area contributed by atoms with Gasteiger partial charge < -0.3 is 9.55 Å². The summed E-state index contributed by atoms with van der Waals surface area (Å²) in [7, 11) is 0. The quantitative estimate of drug-likeness (QED) is 0.641. The lowest BCUT2D eigenvalue weighted by atomic mass is 9.94. The van der Waals surface area contributed by atoms with Crippen molar-refractivity contribution in [3.63, 3.8) is 0 Å². The molecule has 100 valence electrons. The van der Waals surface area contributed by atoms with E-state index in [2.05, 4.69) is 17.1 Å². The second-order valence-electron chi connectivity index (χ2n) is 4.95. The van der Waals surface area contributed by atoms with E-state index in [9.17, 15) is 8.78 Å². The van der Waals surface area contributed by atoms with Crippen LogP contribution in [-0.4, -0.2) is 9.55 Å². The number of hydrogen-bond donors (Lipinski definition) is 1. The smallest absolute Gasteiger partial charge is 0.184 e. The van der Waals surface area contributed by atoms with Crippen molar-refractivity contribution in [3.8, 4) is 0 Å². The first-order valence-corrected chi connectivity index (χ1v) is 6.79. The van der Waals surface area contributed by atoms with Gasteiger partial charge in [0, 0.05) is 6.54 Å². The number of hydrogen-bond acceptors (Lipinski definition) is 1. The summed E-state index contributed by atoms with van der Waals surface area (Å²) in [6.07, 6.45) is 7.36. The number of halogens is 2. The van der Waals surface area contributed by atoms with Crippen LogP contribution in [0, 0.1) is 22.3 Å². The van der Waals surface area contributed by atoms with Gasteiger partial charge in [-0.3, -0.25) is 0 Å². The van der Waals surface area contributed by atoms with Crippen molar-refractivity contribution in [2.24, 2.45) is 5.92 Å². The molecule has 2 aromatic rings. The zero-order valence-corrected chi connectivity index (χ0v) is 11.1. The molecule has 1 atom stereocenters. The third kappa shape index (κ3) is 2.23. The lowest BCUT2D eigenvalue weighted by molar-refractivity contribution is 0.410. The van der Waals surface area contributed by atoms with E-state index in [0.717, 1.165) is 25.3 Å². The Morgan fingerprint density at radius 1 is 1.32 bits per heavy atom. The van der Waals surface area contributed by atoms with Crippen LogP contribution in [-0.2, 0) is 6.54 Å². The number of benzene rings is 1. The monoisotopic (exact) mass is 280 g/mol. The van der Waals surface area contributed by atoms with E-state index in [4.69, 9.17) is 12.2 Å². The van der Waals surface area contributed by atoms with Crippen molar-refractivity contribution in [2.75, 3.05) is 0 Å². The van der Waals surface area contributed by atoms with Crippen molar-refractivity contribution < 1.29 is 8.78 Å². The van der Waals surface area contributed by atoms with Crippen molar-refractivity contribution in [1.29, 1.82) is 0 Å². The van der Waals surface area contributed by atoms with Crippen molar-refractivity contribution >= 4 is 23.3 Å². The van der Waals surface area contributed by atoms with E-state index in [0.29, 0.717) is 22.8 Å². The number of nitrogens with one attached hydrogen (secondary N) is 1. The van der Waals surface area contributed by atoms with E-state index >= 15 is 0 Å². The molecule has 0 saturated carbocycles. The Kier molecular flexibility index (Phi) is 3.22. The van der Waals surface area contributed by atoms with Crippen molar-refractivity contribution in [1.82, 2.24) is 9.55 Å². The van der Waals surface area contributed by atoms with Crippen LogP contribution in [0.2, 0.25) is 0 Å². The van der Waals surface area contributed by atoms with Gasteiger partial charge in [-0.15, -0.1) is 0 Å². The fraction of sp³-hybridized carbons (Fsp3) is 0.357. The Labute approximate surface area is 114 Å². The van der Waals surface area contributed by atoms with Gasteiger partial charge in [0.1, 0.15) is 5.52 Å². The zero-order chi connectivity index (χ0) is 13.4. The average molecular weight is 280 g/mol. The molecule has 5 heteroatoms. The van der Waals surface area contributed by atoms with Crippen LogP contribution in [0.3, 0.4) is 0 Å². The van der Waals surface area contributed by atoms with Crippen LogP contribution in [0.5, 0.6) is 0 Å². The molecule has 0 aliphatic heterocycles. The fourth-order valence-corrected chi connectivity index (χ4v) is 2.92. The number of imidazole rings is 1. The van der Waals surface area contributed by atoms with Crippen LogP contribution in [0.4, 0.5) is 8.78 Å². The van der Waals surface area contributed by atoms with Crippen molar-refractivity contribution in [2.45, 2.75) is 25.8 Å². The maximum atomic E-state index is 14.0. The molecule has 1 aromatic heterocycles. The summed E-state index contributed by atoms with van der Waals surface area (Å²) in [5, 5.41) is 0. The van der Waals surface area contributed by atoms with Crippen LogP contribution < -0.4 is 0 Å². The van der Waals surface area contributed by atoms with Gasteiger partial charge in [0.25, 0.3) is 0 Å². The Balaban J connectivity index is 2.07. The number of aromatic amines is 1. The highest BCUT2D eigenvalue weighted by Crippen LogP contribution is 2.25. The summed E-state index contributed by atoms with van der Waals surface area (Å²) >= 11 is 5.22. The normalized spacial score (nSPS) is 19.2. The molecule has 1 aromatic carbocycles. The molecule has 1 aliphatic rings. The highest BCUT2D eigenvalue weighted by Gasteiger charge is 2.17. The van der Waals surface area contributed by atoms with Gasteiger partial charge in [-0.05, 0) is 49.5 Å². The van der Waals surface area contributed by atoms with Gasteiger partial charge in [-0.25, -0.2) is 8.78 Å². The molecule has 1 aliphatic carbocycles. The molecule has 0 spiro atoms. The van der Waals surface area contributed by atoms with Gasteiger partial charge in [0.2, 0.25) is 0 Å². The second-order valence-corrected chi connectivity index (χ2v) is 5.34. The Morgan fingerprint density at radius 2 is 2.16 bits per heavy atom. The Hall–Kier alpha value is -1.49. The van der Waals surface area contributed by atoms with Gasteiger partial charge >= 0.3 is 0 Å². The molecule has 0 radical (unpaired) electrons. The molecule has 1 heterocycles. The molecular weight excluding hydrogens is 266 g/mol. The lowest BCUT2D eigenvalue weighted by Gasteiger charge is -2.18. The van der Waals surface area contributed by atoms with E-state index in [-0.39, 0.29) is 5.52 Å². The predicted octanol–water partition coefficient (Wildman–Crippen LogP) is 4.33. The first kappa shape index (κ1) is 12.5. The van der Waals surface area contributed by atoms with Crippen molar-refractivity contribution in [3.05, 3.63) is 40.7 Å². The standard InChI is InChI=1S/C14H14F2N2S/c15-10-6-7-11-13(12(10)16)18(14(19)17-11)8-9-4-2-1-3-5-9/h1-2,6-7,9H,3-5,8H2,(H,17,19). The molecule has 3 rings (SSSR count).